The molecule has 3 rings (SSSR count). The molecule has 18 nitrogen and oxygen atoms in total. The Bertz CT molecular complexity index is 1410. The quantitative estimate of drug-likeness (QED) is 0.109. The van der Waals surface area contributed by atoms with E-state index in [2.05, 4.69) is 37.4 Å². The Kier molecular flexibility index (Phi) is 16.8. The highest BCUT2D eigenvalue weighted by Crippen LogP contribution is 2.21. The highest BCUT2D eigenvalue weighted by atomic mass is 16.5. The molecule has 0 spiro atoms. The average Bonchev–Trinajstić information content (AvgIpc) is 3.12. The molecule has 0 unspecified atom stereocenters. The van der Waals surface area contributed by atoms with Gasteiger partial charge in [-0.25, -0.2) is 15.6 Å². The van der Waals surface area contributed by atoms with E-state index >= 15 is 0 Å². The number of hydrazine groups is 2. The lowest BCUT2D eigenvalue weighted by Gasteiger charge is -2.40. The zero-order valence-corrected chi connectivity index (χ0v) is 33.7. The maximum absolute atomic E-state index is 14.3. The molecule has 0 radical (unpaired) electrons. The molecule has 55 heavy (non-hydrogen) atoms. The fourth-order valence-electron chi connectivity index (χ4n) is 7.03. The number of carbonyl (C=O) groups excluding carboxylic acids is 8. The number of rotatable bonds is 10. The van der Waals surface area contributed by atoms with Gasteiger partial charge in [0.2, 0.25) is 30.0 Å². The molecule has 0 aromatic carbocycles. The van der Waals surface area contributed by atoms with Crippen molar-refractivity contribution in [1.82, 2.24) is 47.5 Å². The van der Waals surface area contributed by atoms with Crippen molar-refractivity contribution in [2.45, 2.75) is 149 Å². The third-order valence-corrected chi connectivity index (χ3v) is 9.99. The van der Waals surface area contributed by atoms with E-state index in [9.17, 15) is 38.4 Å². The van der Waals surface area contributed by atoms with Crippen LogP contribution in [-0.2, 0) is 43.1 Å². The molecule has 0 bridgehead atoms. The lowest BCUT2D eigenvalue weighted by Crippen LogP contribution is -2.66. The molecule has 7 amide bonds. The van der Waals surface area contributed by atoms with Crippen LogP contribution in [0.4, 0.5) is 0 Å². The van der Waals surface area contributed by atoms with Gasteiger partial charge >= 0.3 is 5.97 Å². The van der Waals surface area contributed by atoms with Crippen LogP contribution in [0.25, 0.3) is 0 Å². The molecular weight excluding hydrogens is 714 g/mol. The largest absolute Gasteiger partial charge is 0.458 e. The molecule has 7 N–H and O–H groups in total. The van der Waals surface area contributed by atoms with Crippen molar-refractivity contribution in [2.75, 3.05) is 13.1 Å². The zero-order valence-electron chi connectivity index (χ0n) is 33.7. The fraction of sp³-hybridized carbons (Fsp3) is 0.784. The highest BCUT2D eigenvalue weighted by Gasteiger charge is 2.44. The molecule has 3 aliphatic heterocycles. The number of nitrogens with one attached hydrogen (secondary N) is 7. The normalized spacial score (nSPS) is 28.6. The minimum Gasteiger partial charge on any atom is -0.458 e. The van der Waals surface area contributed by atoms with E-state index in [1.807, 2.05) is 27.7 Å². The first-order valence-corrected chi connectivity index (χ1v) is 19.6. The first-order valence-electron chi connectivity index (χ1n) is 19.6. The van der Waals surface area contributed by atoms with Crippen LogP contribution in [0.2, 0.25) is 0 Å². The van der Waals surface area contributed by atoms with Crippen molar-refractivity contribution >= 4 is 47.8 Å². The molecule has 3 saturated heterocycles. The van der Waals surface area contributed by atoms with Gasteiger partial charge < -0.3 is 31.3 Å². The smallest absolute Gasteiger partial charge is 0.330 e. The van der Waals surface area contributed by atoms with Gasteiger partial charge in [-0.15, -0.1) is 0 Å². The van der Waals surface area contributed by atoms with Crippen molar-refractivity contribution < 1.29 is 43.1 Å². The third-order valence-electron chi connectivity index (χ3n) is 9.99. The zero-order chi connectivity index (χ0) is 41.1. The summed E-state index contributed by atoms with van der Waals surface area (Å²) in [4.78, 5) is 110. The Morgan fingerprint density at radius 2 is 1.31 bits per heavy atom. The monoisotopic (exact) mass is 777 g/mol. The van der Waals surface area contributed by atoms with E-state index in [0.717, 1.165) is 5.01 Å². The van der Waals surface area contributed by atoms with E-state index in [1.54, 1.807) is 27.7 Å². The average molecular weight is 778 g/mol. The predicted molar refractivity (Wildman–Crippen MR) is 201 cm³/mol. The number of esters is 1. The van der Waals surface area contributed by atoms with Gasteiger partial charge in [0.25, 0.3) is 11.8 Å². The maximum atomic E-state index is 14.3. The Balaban J connectivity index is 2.16. The van der Waals surface area contributed by atoms with Crippen LogP contribution in [0.1, 0.15) is 101 Å². The van der Waals surface area contributed by atoms with E-state index in [4.69, 9.17) is 4.74 Å². The number of amides is 7. The Morgan fingerprint density at radius 1 is 0.764 bits per heavy atom. The summed E-state index contributed by atoms with van der Waals surface area (Å²) >= 11 is 0. The van der Waals surface area contributed by atoms with Crippen LogP contribution in [-0.4, -0.2) is 119 Å². The van der Waals surface area contributed by atoms with E-state index in [-0.39, 0.29) is 37.0 Å². The summed E-state index contributed by atoms with van der Waals surface area (Å²) in [5.74, 6) is -5.84. The summed E-state index contributed by atoms with van der Waals surface area (Å²) in [6, 6.07) is -8.17. The SMILES string of the molecule is CC(C)C[C@H]1NC(=O)[C@H](NC(=O)[C@H](NC=O)C(C)C)[C@H](C)OC(=O)[C@@H]2CCCNN2C(=O)[C@@H](CC(C)C)NC(=O)[C@@H]2CCCNN2C(=O)[C@@H](C(C)C)NC1=O. The molecule has 3 fully saturated rings. The summed E-state index contributed by atoms with van der Waals surface area (Å²) in [5.41, 5.74) is 6.00. The number of cyclic esters (lactones) is 1. The van der Waals surface area contributed by atoms with Crippen LogP contribution in [0.15, 0.2) is 0 Å². The van der Waals surface area contributed by atoms with Gasteiger partial charge in [-0.2, -0.15) is 0 Å². The Morgan fingerprint density at radius 3 is 1.85 bits per heavy atom. The van der Waals surface area contributed by atoms with Gasteiger partial charge in [-0.1, -0.05) is 55.4 Å². The second-order valence-electron chi connectivity index (χ2n) is 16.3. The van der Waals surface area contributed by atoms with Crippen LogP contribution in [0.3, 0.4) is 0 Å². The molecular formula is C37H63N9O9. The molecule has 3 aliphatic rings. The van der Waals surface area contributed by atoms with Crippen LogP contribution in [0, 0.1) is 23.7 Å². The first kappa shape index (κ1) is 45.1. The molecule has 8 atom stereocenters. The van der Waals surface area contributed by atoms with Crippen LogP contribution in [0.5, 0.6) is 0 Å². The standard InChI is InChI=1S/C37H63N9O9/c1-19(2)16-24-31(48)43-29(22(7)8)36(53)45-26(12-10-14-39-45)32(49)42-25(17-20(3)4)35(52)46-27(13-11-15-40-46)37(54)55-23(9)30(34(51)41-24)44-33(50)28(21(5)6)38-18-47/h18-30,39-40H,10-17H2,1-9H3,(H,38,47)(H,41,51)(H,42,49)(H,43,48)(H,44,50)/t23-,24+,25+,26-,27-,28+,29+,30+/m0/s1. The number of fused-ring (bicyclic) bond motifs is 2. The molecule has 0 aromatic heterocycles. The molecule has 18 heteroatoms. The summed E-state index contributed by atoms with van der Waals surface area (Å²) in [7, 11) is 0. The first-order chi connectivity index (χ1) is 25.9. The number of hydrogen-bond acceptors (Lipinski definition) is 11. The van der Waals surface area contributed by atoms with Crippen molar-refractivity contribution in [3.05, 3.63) is 0 Å². The van der Waals surface area contributed by atoms with E-state index in [1.165, 1.54) is 11.9 Å². The fourth-order valence-corrected chi connectivity index (χ4v) is 7.03. The minimum absolute atomic E-state index is 0.0566. The summed E-state index contributed by atoms with van der Waals surface area (Å²) < 4.78 is 5.85. The predicted octanol–water partition coefficient (Wildman–Crippen LogP) is -0.619. The van der Waals surface area contributed by atoms with Crippen LogP contribution < -0.4 is 37.4 Å². The molecule has 3 heterocycles. The lowest BCUT2D eigenvalue weighted by molar-refractivity contribution is -0.167. The van der Waals surface area contributed by atoms with Gasteiger partial charge in [0, 0.05) is 13.1 Å². The van der Waals surface area contributed by atoms with Crippen LogP contribution >= 0.6 is 0 Å². The van der Waals surface area contributed by atoms with Gasteiger partial charge in [0.15, 0.2) is 0 Å². The van der Waals surface area contributed by atoms with E-state index in [0.29, 0.717) is 38.8 Å². The minimum atomic E-state index is -1.55. The number of nitrogens with zero attached hydrogens (tertiary/aromatic N) is 2. The number of carbonyl (C=O) groups is 8. The second-order valence-corrected chi connectivity index (χ2v) is 16.3. The Hall–Kier alpha value is -4.32. The van der Waals surface area contributed by atoms with Gasteiger partial charge in [-0.05, 0) is 69.1 Å². The summed E-state index contributed by atoms with van der Waals surface area (Å²) in [5, 5.41) is 15.8. The van der Waals surface area contributed by atoms with Gasteiger partial charge in [-0.3, -0.25) is 43.6 Å². The van der Waals surface area contributed by atoms with Crippen molar-refractivity contribution in [2.24, 2.45) is 23.7 Å². The molecule has 310 valence electrons. The van der Waals surface area contributed by atoms with Crippen molar-refractivity contribution in [3.63, 3.8) is 0 Å². The van der Waals surface area contributed by atoms with Gasteiger partial charge in [0.05, 0.1) is 0 Å². The second kappa shape index (κ2) is 20.6. The number of ether oxygens (including phenoxy) is 1. The topological polar surface area (TPSA) is 236 Å². The molecule has 0 aromatic rings. The van der Waals surface area contributed by atoms with Crippen molar-refractivity contribution in [3.8, 4) is 0 Å². The molecule has 0 aliphatic carbocycles. The third kappa shape index (κ3) is 12.1. The number of hydrogen-bond donors (Lipinski definition) is 7. The molecule has 0 saturated carbocycles. The highest BCUT2D eigenvalue weighted by molar-refractivity contribution is 5.97. The summed E-state index contributed by atoms with van der Waals surface area (Å²) in [6.07, 6.45) is 0.957. The van der Waals surface area contributed by atoms with Crippen molar-refractivity contribution in [1.29, 1.82) is 0 Å². The maximum Gasteiger partial charge on any atom is 0.330 e. The Labute approximate surface area is 324 Å². The van der Waals surface area contributed by atoms with E-state index < -0.39 is 95.7 Å². The lowest BCUT2D eigenvalue weighted by atomic mass is 9.97. The van der Waals surface area contributed by atoms with Gasteiger partial charge in [0.1, 0.15) is 48.4 Å². The summed E-state index contributed by atoms with van der Waals surface area (Å²) in [6.45, 7) is 16.5.